The lowest BCUT2D eigenvalue weighted by molar-refractivity contribution is -0.0465. The van der Waals surface area contributed by atoms with E-state index in [4.69, 9.17) is 125 Å². The van der Waals surface area contributed by atoms with Crippen molar-refractivity contribution in [2.75, 3.05) is 0 Å². The lowest BCUT2D eigenvalue weighted by Crippen LogP contribution is -2.14. The fourth-order valence-corrected chi connectivity index (χ4v) is 0.848. The third-order valence-corrected chi connectivity index (χ3v) is 1.01. The molecule has 45 heavy (non-hydrogen) atoms. The Morgan fingerprint density at radius 1 is 0.444 bits per heavy atom. The molecule has 0 aliphatic carbocycles. The van der Waals surface area contributed by atoms with E-state index in [2.05, 4.69) is 29.2 Å². The molecule has 36 heteroatoms. The van der Waals surface area contributed by atoms with Gasteiger partial charge in [-0.1, -0.05) is 0 Å². The molecule has 0 heterocycles. The van der Waals surface area contributed by atoms with Gasteiger partial charge in [0.1, 0.15) is 0 Å². The van der Waals surface area contributed by atoms with Crippen molar-refractivity contribution in [3.8, 4) is 24.7 Å². The molecule has 0 fully saturated rings. The van der Waals surface area contributed by atoms with Crippen LogP contribution in [0.3, 0.4) is 0 Å². The van der Waals surface area contributed by atoms with Crippen molar-refractivity contribution in [2.45, 2.75) is 33.5 Å². The number of terminal acetylenes is 2. The highest BCUT2D eigenvalue weighted by atomic mass is 31.2. The summed E-state index contributed by atoms with van der Waals surface area (Å²) in [5, 5.41) is 0. The first-order valence-corrected chi connectivity index (χ1v) is 19.4. The van der Waals surface area contributed by atoms with E-state index in [0.29, 0.717) is 0 Å². The predicted molar refractivity (Wildman–Crippen MR) is 143 cm³/mol. The van der Waals surface area contributed by atoms with Gasteiger partial charge in [0, 0.05) is 0 Å². The minimum absolute atomic E-state index is 0.909. The number of halogens is 1. The van der Waals surface area contributed by atoms with Gasteiger partial charge in [-0.3, -0.25) is 0 Å². The van der Waals surface area contributed by atoms with Gasteiger partial charge >= 0.3 is 54.8 Å². The van der Waals surface area contributed by atoms with Gasteiger partial charge in [-0.25, -0.2) is 40.9 Å². The minimum Gasteiger partial charge on any atom is -0.303 e. The lowest BCUT2D eigenvalue weighted by atomic mass is 10.4. The van der Waals surface area contributed by atoms with E-state index in [0.717, 1.165) is 13.8 Å². The van der Waals surface area contributed by atoms with Crippen molar-refractivity contribution in [1.82, 2.24) is 0 Å². The molecule has 0 spiro atoms. The van der Waals surface area contributed by atoms with Gasteiger partial charge in [0.15, 0.2) is 0 Å². The van der Waals surface area contributed by atoms with Crippen molar-refractivity contribution in [2.24, 2.45) is 0 Å². The third kappa shape index (κ3) is 2260. The summed E-state index contributed by atoms with van der Waals surface area (Å²) in [5.74, 6) is 2.22. The molecule has 0 rings (SSSR count). The fourth-order valence-electron chi connectivity index (χ4n) is 0.283. The van der Waals surface area contributed by atoms with Crippen LogP contribution in [0.15, 0.2) is 0 Å². The van der Waals surface area contributed by atoms with E-state index in [1.807, 2.05) is 0 Å². The second kappa shape index (κ2) is 31.1. The molecule has 0 aromatic heterocycles. The molecule has 0 atom stereocenters. The topological polar surface area (TPSA) is 533 Å². The van der Waals surface area contributed by atoms with E-state index in [-0.39, 0.29) is 0 Å². The Morgan fingerprint density at radius 3 is 0.511 bits per heavy atom. The van der Waals surface area contributed by atoms with Crippen LogP contribution in [0.4, 0.5) is 4.39 Å². The largest absolute Gasteiger partial charge is 0.472 e. The first-order valence-electron chi connectivity index (χ1n) is 8.43. The van der Waals surface area contributed by atoms with Crippen LogP contribution in [-0.4, -0.2) is 104 Å². The van der Waals surface area contributed by atoms with E-state index in [1.54, 1.807) is 13.8 Å². The molecule has 0 saturated heterocycles. The summed E-state index contributed by atoms with van der Waals surface area (Å²) >= 11 is 0. The number of phosphoric ester groups is 1. The van der Waals surface area contributed by atoms with Crippen LogP contribution in [0.1, 0.15) is 27.7 Å². The molecule has 0 amide bonds. The van der Waals surface area contributed by atoms with E-state index in [1.165, 1.54) is 0 Å². The van der Waals surface area contributed by atoms with Crippen LogP contribution in [-0.2, 0) is 36.5 Å². The van der Waals surface area contributed by atoms with Crippen LogP contribution in [0.2, 0.25) is 0 Å². The lowest BCUT2D eigenvalue weighted by Gasteiger charge is -2.14. The maximum absolute atomic E-state index is 12.2. The van der Waals surface area contributed by atoms with Crippen LogP contribution >= 0.6 is 54.8 Å². The average molecular weight is 826 g/mol. The zero-order chi connectivity index (χ0) is 40.1. The smallest absolute Gasteiger partial charge is 0.303 e. The number of rotatable bonds is 2. The van der Waals surface area contributed by atoms with E-state index in [9.17, 15) is 8.96 Å². The van der Waals surface area contributed by atoms with Gasteiger partial charge in [0.2, 0.25) is 5.85 Å². The van der Waals surface area contributed by atoms with Gasteiger partial charge in [-0.2, -0.15) is 0 Å². The summed E-state index contributed by atoms with van der Waals surface area (Å²) in [6.07, 6.45) is 9.19. The molecule has 0 aliphatic rings. The summed E-state index contributed by atoms with van der Waals surface area (Å²) in [7, 11) is -32.5. The average Bonchev–Trinajstić information content (AvgIpc) is 2.41. The Bertz CT molecular complexity index is 888. The number of hydrogen-bond acceptors (Lipinski definition) is 8. The molecule has 0 aromatic rings. The number of phosphoric acid groups is 7. The molecule has 20 N–H and O–H groups in total. The van der Waals surface area contributed by atoms with Crippen molar-refractivity contribution < 1.29 is 139 Å². The molecular weight excluding hydrogens is 792 g/mol. The summed E-state index contributed by atoms with van der Waals surface area (Å²) in [4.78, 5) is 145. The zero-order valence-electron chi connectivity index (χ0n) is 22.4. The number of alkyl halides is 1. The quantitative estimate of drug-likeness (QED) is 0.0949. The van der Waals surface area contributed by atoms with Gasteiger partial charge in [0.25, 0.3) is 0 Å². The Morgan fingerprint density at radius 2 is 0.511 bits per heavy atom. The molecule has 28 nitrogen and oxygen atoms in total. The normalized spacial score (nSPS) is 11.0. The maximum atomic E-state index is 12.2. The molecule has 0 aromatic carbocycles. The molecule has 280 valence electrons. The van der Waals surface area contributed by atoms with Crippen molar-refractivity contribution in [1.29, 1.82) is 0 Å². The Labute approximate surface area is 252 Å². The Kier molecular flexibility index (Phi) is 46.4. The Hall–Kier alpha value is -0.180. The second-order valence-electron chi connectivity index (χ2n) is 5.60. The number of hydrogen-bond donors (Lipinski definition) is 20. The SMILES string of the molecule is C#CC.C#CC.CC(C)(F)OP(=O)(O)O.O=P(O)(O)O.O=P(O)(O)O.O=P(O)(O)O.O=P(O)(O)O.O=P(O)(O)O.O=P(O)(O)O. The minimum atomic E-state index is -4.66. The highest BCUT2D eigenvalue weighted by Crippen LogP contribution is 2.41. The monoisotopic (exact) mass is 826 g/mol. The highest BCUT2D eigenvalue weighted by molar-refractivity contribution is 7.46. The summed E-state index contributed by atoms with van der Waals surface area (Å²) in [6.45, 7) is 5.12. The summed E-state index contributed by atoms with van der Waals surface area (Å²) in [6, 6.07) is 0. The molecule has 0 unspecified atom stereocenters. The van der Waals surface area contributed by atoms with E-state index >= 15 is 0 Å². The van der Waals surface area contributed by atoms with Gasteiger partial charge in [0.05, 0.1) is 0 Å². The van der Waals surface area contributed by atoms with Gasteiger partial charge < -0.3 is 97.9 Å². The van der Waals surface area contributed by atoms with E-state index < -0.39 is 60.6 Å². The molecular formula is C9H34FO28P7. The first kappa shape index (κ1) is 67.1. The molecule has 0 saturated carbocycles. The Balaban J connectivity index is -0.0000000472. The fraction of sp³-hybridized carbons (Fsp3) is 0.556. The first-order chi connectivity index (χ1) is 18.5. The molecule has 0 bridgehead atoms. The zero-order valence-corrected chi connectivity index (χ0v) is 28.6. The van der Waals surface area contributed by atoms with Crippen LogP contribution in [0.5, 0.6) is 0 Å². The standard InChI is InChI=1S/C3H8FO4P.2C3H4.6H3O4P/c1-3(2,4)8-9(5,6)7;2*1-3-2;6*1-5(2,3)4/h1-2H3,(H2,5,6,7);2*1H,2H3;6*(H3,1,2,3,4). The molecule has 0 radical (unpaired) electrons. The van der Waals surface area contributed by atoms with Crippen molar-refractivity contribution in [3.05, 3.63) is 0 Å². The summed E-state index contributed by atoms with van der Waals surface area (Å²) < 4.78 is 79.0. The molecule has 0 aliphatic heterocycles. The van der Waals surface area contributed by atoms with Crippen LogP contribution in [0.25, 0.3) is 0 Å². The van der Waals surface area contributed by atoms with Crippen LogP contribution in [0, 0.1) is 24.7 Å². The van der Waals surface area contributed by atoms with Gasteiger partial charge in [-0.05, 0) is 27.7 Å². The summed E-state index contributed by atoms with van der Waals surface area (Å²) in [5.41, 5.74) is 0. The van der Waals surface area contributed by atoms with Crippen molar-refractivity contribution >= 4 is 54.8 Å². The third-order valence-electron chi connectivity index (χ3n) is 0.336. The second-order valence-corrected chi connectivity index (χ2v) is 12.9. The maximum Gasteiger partial charge on any atom is 0.472 e. The predicted octanol–water partition coefficient (Wildman–Crippen LogP) is -3.49. The van der Waals surface area contributed by atoms with Gasteiger partial charge in [-0.15, -0.1) is 24.7 Å². The van der Waals surface area contributed by atoms with Crippen molar-refractivity contribution in [3.63, 3.8) is 0 Å². The van der Waals surface area contributed by atoms with Crippen LogP contribution < -0.4 is 0 Å². The highest BCUT2D eigenvalue weighted by Gasteiger charge is 2.27.